The van der Waals surface area contributed by atoms with Crippen molar-refractivity contribution in [2.45, 2.75) is 361 Å². The van der Waals surface area contributed by atoms with E-state index in [2.05, 4.69) is 57.2 Å². The van der Waals surface area contributed by atoms with Crippen LogP contribution in [0.2, 0.25) is 0 Å². The molecule has 0 radical (unpaired) electrons. The highest BCUT2D eigenvalue weighted by molar-refractivity contribution is 5.71. The maximum Gasteiger partial charge on any atom is 0.306 e. The van der Waals surface area contributed by atoms with Gasteiger partial charge >= 0.3 is 17.9 Å². The summed E-state index contributed by atoms with van der Waals surface area (Å²) in [4.78, 5) is 37.9. The van der Waals surface area contributed by atoms with Gasteiger partial charge < -0.3 is 14.2 Å². The third-order valence-corrected chi connectivity index (χ3v) is 14.6. The fraction of sp³-hybridized carbons (Fsp3) is 0.866. The standard InChI is InChI=1S/C67H124O6/c1-4-7-10-13-16-18-20-22-24-26-27-28-29-30-31-32-33-34-35-36-37-38-39-40-41-42-44-45-47-49-51-54-57-60-66(69)72-63-64(62-71-65(68)59-56-53-15-12-9-6-3)73-67(70)61-58-55-52-50-48-46-43-25-23-21-19-17-14-11-8-5-2/h19,21,25-27,43,64H,4-18,20,22-24,28-42,44-63H2,1-3H3/b21-19-,27-26-,43-25-. The number of hydrogen-bond acceptors (Lipinski definition) is 6. The predicted molar refractivity (Wildman–Crippen MR) is 316 cm³/mol. The highest BCUT2D eigenvalue weighted by Gasteiger charge is 2.19. The zero-order valence-corrected chi connectivity index (χ0v) is 49.2. The van der Waals surface area contributed by atoms with Crippen molar-refractivity contribution in [1.29, 1.82) is 0 Å². The molecule has 0 spiro atoms. The normalized spacial score (nSPS) is 12.2. The van der Waals surface area contributed by atoms with Gasteiger partial charge in [-0.15, -0.1) is 0 Å². The van der Waals surface area contributed by atoms with Crippen molar-refractivity contribution in [3.63, 3.8) is 0 Å². The first-order valence-corrected chi connectivity index (χ1v) is 32.5. The minimum Gasteiger partial charge on any atom is -0.462 e. The molecule has 0 saturated heterocycles. The van der Waals surface area contributed by atoms with E-state index in [1.807, 2.05) is 0 Å². The van der Waals surface area contributed by atoms with Crippen LogP contribution in [0.4, 0.5) is 0 Å². The molecule has 0 N–H and O–H groups in total. The van der Waals surface area contributed by atoms with E-state index in [0.29, 0.717) is 19.3 Å². The van der Waals surface area contributed by atoms with Crippen molar-refractivity contribution in [3.05, 3.63) is 36.5 Å². The molecule has 6 nitrogen and oxygen atoms in total. The van der Waals surface area contributed by atoms with Crippen LogP contribution in [0.5, 0.6) is 0 Å². The summed E-state index contributed by atoms with van der Waals surface area (Å²) in [6, 6.07) is 0. The minimum atomic E-state index is -0.774. The lowest BCUT2D eigenvalue weighted by Crippen LogP contribution is -2.30. The molecule has 0 saturated carbocycles. The van der Waals surface area contributed by atoms with Crippen molar-refractivity contribution in [3.8, 4) is 0 Å². The Kier molecular flexibility index (Phi) is 60.2. The summed E-state index contributed by atoms with van der Waals surface area (Å²) in [5, 5.41) is 0. The van der Waals surface area contributed by atoms with Gasteiger partial charge in [0.25, 0.3) is 0 Å². The molecule has 0 aliphatic heterocycles. The fourth-order valence-electron chi connectivity index (χ4n) is 9.71. The Hall–Kier alpha value is -2.37. The van der Waals surface area contributed by atoms with Crippen molar-refractivity contribution >= 4 is 17.9 Å². The minimum absolute atomic E-state index is 0.0740. The fourth-order valence-corrected chi connectivity index (χ4v) is 9.71. The summed E-state index contributed by atoms with van der Waals surface area (Å²) in [7, 11) is 0. The summed E-state index contributed by atoms with van der Waals surface area (Å²) in [5.74, 6) is -0.880. The number of esters is 3. The Morgan fingerprint density at radius 3 is 0.781 bits per heavy atom. The predicted octanol–water partition coefficient (Wildman–Crippen LogP) is 22.0. The molecule has 0 bridgehead atoms. The maximum atomic E-state index is 12.8. The van der Waals surface area contributed by atoms with Crippen molar-refractivity contribution < 1.29 is 28.6 Å². The van der Waals surface area contributed by atoms with Crippen LogP contribution < -0.4 is 0 Å². The van der Waals surface area contributed by atoms with Gasteiger partial charge in [-0.1, -0.05) is 295 Å². The lowest BCUT2D eigenvalue weighted by Gasteiger charge is -2.18. The van der Waals surface area contributed by atoms with Crippen LogP contribution in [0.25, 0.3) is 0 Å². The number of allylic oxidation sites excluding steroid dienone is 6. The molecule has 0 aromatic heterocycles. The van der Waals surface area contributed by atoms with Crippen LogP contribution in [-0.2, 0) is 28.6 Å². The largest absolute Gasteiger partial charge is 0.462 e. The third-order valence-electron chi connectivity index (χ3n) is 14.6. The molecule has 0 aliphatic carbocycles. The Bertz CT molecular complexity index is 1220. The first-order valence-electron chi connectivity index (χ1n) is 32.5. The molecule has 1 atom stereocenters. The van der Waals surface area contributed by atoms with Gasteiger partial charge in [0.15, 0.2) is 6.10 Å². The van der Waals surface area contributed by atoms with Gasteiger partial charge in [0.1, 0.15) is 13.2 Å². The average molecular weight is 1030 g/mol. The number of unbranched alkanes of at least 4 members (excludes halogenated alkanes) is 43. The zero-order valence-electron chi connectivity index (χ0n) is 49.2. The van der Waals surface area contributed by atoms with Crippen molar-refractivity contribution in [2.75, 3.05) is 13.2 Å². The third kappa shape index (κ3) is 60.4. The van der Waals surface area contributed by atoms with E-state index in [-0.39, 0.29) is 31.1 Å². The lowest BCUT2D eigenvalue weighted by molar-refractivity contribution is -0.167. The number of hydrogen-bond donors (Lipinski definition) is 0. The van der Waals surface area contributed by atoms with Crippen LogP contribution in [0.3, 0.4) is 0 Å². The van der Waals surface area contributed by atoms with E-state index >= 15 is 0 Å². The molecular weight excluding hydrogens is 901 g/mol. The maximum absolute atomic E-state index is 12.8. The molecule has 0 fully saturated rings. The summed E-state index contributed by atoms with van der Waals surface area (Å²) in [6.45, 7) is 6.59. The van der Waals surface area contributed by atoms with Crippen LogP contribution in [0.15, 0.2) is 36.5 Å². The molecule has 0 amide bonds. The molecule has 0 aromatic carbocycles. The Morgan fingerprint density at radius 1 is 0.274 bits per heavy atom. The van der Waals surface area contributed by atoms with E-state index in [9.17, 15) is 14.4 Å². The van der Waals surface area contributed by atoms with Gasteiger partial charge in [-0.05, 0) is 77.0 Å². The SMILES string of the molecule is CCCCCC/C=C\C/C=C\CCCCCCCC(=O)OC(COC(=O)CCCCCCCC)COC(=O)CCCCCCCCCCCCCCCCCCCCCCC/C=C\CCCCCCCCCC. The van der Waals surface area contributed by atoms with Gasteiger partial charge in [0.05, 0.1) is 0 Å². The quantitative estimate of drug-likeness (QED) is 0.0261. The molecule has 0 rings (SSSR count). The second-order valence-electron chi connectivity index (χ2n) is 22.0. The summed E-state index contributed by atoms with van der Waals surface area (Å²) < 4.78 is 16.8. The second kappa shape index (κ2) is 62.2. The van der Waals surface area contributed by atoms with Gasteiger partial charge in [-0.25, -0.2) is 0 Å². The molecular formula is C67H124O6. The highest BCUT2D eigenvalue weighted by atomic mass is 16.6. The number of ether oxygens (including phenoxy) is 3. The van der Waals surface area contributed by atoms with E-state index in [1.54, 1.807) is 0 Å². The number of carbonyl (C=O) groups excluding carboxylic acids is 3. The lowest BCUT2D eigenvalue weighted by atomic mass is 10.0. The Balaban J connectivity index is 3.93. The van der Waals surface area contributed by atoms with Crippen molar-refractivity contribution in [1.82, 2.24) is 0 Å². The zero-order chi connectivity index (χ0) is 52.9. The smallest absolute Gasteiger partial charge is 0.306 e. The first kappa shape index (κ1) is 70.6. The van der Waals surface area contributed by atoms with Crippen LogP contribution in [0, 0.1) is 0 Å². The highest BCUT2D eigenvalue weighted by Crippen LogP contribution is 2.18. The number of rotatable bonds is 60. The van der Waals surface area contributed by atoms with Crippen LogP contribution in [-0.4, -0.2) is 37.2 Å². The van der Waals surface area contributed by atoms with E-state index in [0.717, 1.165) is 83.5 Å². The summed E-state index contributed by atoms with van der Waals surface area (Å²) in [6.07, 6.45) is 76.4. The van der Waals surface area contributed by atoms with Crippen LogP contribution >= 0.6 is 0 Å². The second-order valence-corrected chi connectivity index (χ2v) is 22.0. The molecule has 0 aromatic rings. The van der Waals surface area contributed by atoms with Crippen molar-refractivity contribution in [2.24, 2.45) is 0 Å². The molecule has 428 valence electrons. The van der Waals surface area contributed by atoms with E-state index in [4.69, 9.17) is 14.2 Å². The van der Waals surface area contributed by atoms with Gasteiger partial charge in [-0.2, -0.15) is 0 Å². The average Bonchev–Trinajstić information content (AvgIpc) is 3.39. The van der Waals surface area contributed by atoms with Gasteiger partial charge in [-0.3, -0.25) is 14.4 Å². The molecule has 0 heterocycles. The summed E-state index contributed by atoms with van der Waals surface area (Å²) in [5.41, 5.74) is 0. The Morgan fingerprint density at radius 2 is 0.493 bits per heavy atom. The monoisotopic (exact) mass is 1020 g/mol. The molecule has 6 heteroatoms. The first-order chi connectivity index (χ1) is 36.0. The van der Waals surface area contributed by atoms with Crippen LogP contribution in [0.1, 0.15) is 355 Å². The summed E-state index contributed by atoms with van der Waals surface area (Å²) >= 11 is 0. The molecule has 1 unspecified atom stereocenters. The van der Waals surface area contributed by atoms with E-state index < -0.39 is 6.10 Å². The Labute approximate surface area is 455 Å². The molecule has 73 heavy (non-hydrogen) atoms. The van der Waals surface area contributed by atoms with Gasteiger partial charge in [0, 0.05) is 19.3 Å². The topological polar surface area (TPSA) is 78.9 Å². The van der Waals surface area contributed by atoms with E-state index in [1.165, 1.54) is 231 Å². The molecule has 0 aliphatic rings. The number of carbonyl (C=O) groups is 3. The van der Waals surface area contributed by atoms with Gasteiger partial charge in [0.2, 0.25) is 0 Å².